The van der Waals surface area contributed by atoms with Crippen molar-refractivity contribution in [1.82, 2.24) is 30.5 Å². The monoisotopic (exact) mass is 475 g/mol. The molecular formula is C24H25N7O2S. The van der Waals surface area contributed by atoms with Crippen molar-refractivity contribution in [2.45, 2.75) is 32.1 Å². The number of aryl methyl sites for hydroxylation is 1. The maximum atomic E-state index is 11.8. The van der Waals surface area contributed by atoms with Crippen LogP contribution in [-0.2, 0) is 11.2 Å². The van der Waals surface area contributed by atoms with Gasteiger partial charge >= 0.3 is 0 Å². The fraction of sp³-hybridized carbons (Fsp3) is 0.333. The van der Waals surface area contributed by atoms with Gasteiger partial charge in [0.05, 0.1) is 22.0 Å². The number of thioether (sulfide) groups is 1. The van der Waals surface area contributed by atoms with E-state index in [-0.39, 0.29) is 11.1 Å². The van der Waals surface area contributed by atoms with Gasteiger partial charge in [0.1, 0.15) is 0 Å². The Bertz CT molecular complexity index is 1200. The van der Waals surface area contributed by atoms with Crippen LogP contribution in [0.25, 0.3) is 17.5 Å². The lowest BCUT2D eigenvalue weighted by Crippen LogP contribution is -2.35. The molecule has 0 radical (unpaired) electrons. The minimum atomic E-state index is -0.376. The van der Waals surface area contributed by atoms with Crippen LogP contribution >= 0.6 is 11.8 Å². The van der Waals surface area contributed by atoms with E-state index in [1.807, 2.05) is 18.3 Å². The smallest absolute Gasteiger partial charge is 0.290 e. The Balaban J connectivity index is 1.13. The van der Waals surface area contributed by atoms with E-state index >= 15 is 0 Å². The number of carbonyl (C=O) groups is 2. The molecule has 3 aromatic rings. The third-order valence-electron chi connectivity index (χ3n) is 6.19. The third kappa shape index (κ3) is 5.17. The maximum Gasteiger partial charge on any atom is 0.290 e. The van der Waals surface area contributed by atoms with Gasteiger partial charge in [-0.05, 0) is 79.6 Å². The highest BCUT2D eigenvalue weighted by molar-refractivity contribution is 8.18. The summed E-state index contributed by atoms with van der Waals surface area (Å²) in [7, 11) is 0. The van der Waals surface area contributed by atoms with Gasteiger partial charge in [-0.1, -0.05) is 6.07 Å². The fourth-order valence-corrected chi connectivity index (χ4v) is 5.09. The van der Waals surface area contributed by atoms with E-state index in [1.54, 1.807) is 24.5 Å². The number of hydrogen-bond acceptors (Lipinski definition) is 8. The lowest BCUT2D eigenvalue weighted by Gasteiger charge is -2.32. The molecule has 2 aliphatic heterocycles. The van der Waals surface area contributed by atoms with Crippen LogP contribution in [0.2, 0.25) is 0 Å². The van der Waals surface area contributed by atoms with Crippen LogP contribution in [0.4, 0.5) is 10.7 Å². The Morgan fingerprint density at radius 2 is 1.97 bits per heavy atom. The number of rotatable bonds is 7. The van der Waals surface area contributed by atoms with E-state index in [0.29, 0.717) is 22.5 Å². The Morgan fingerprint density at radius 3 is 2.74 bits per heavy atom. The molecule has 0 aliphatic carbocycles. The molecule has 0 atom stereocenters. The Kier molecular flexibility index (Phi) is 6.66. The van der Waals surface area contributed by atoms with E-state index in [4.69, 9.17) is 0 Å². The molecule has 3 aromatic heterocycles. The third-order valence-corrected chi connectivity index (χ3v) is 7.00. The van der Waals surface area contributed by atoms with Crippen LogP contribution in [0.15, 0.2) is 47.8 Å². The summed E-state index contributed by atoms with van der Waals surface area (Å²) in [6.07, 6.45) is 12.4. The molecule has 34 heavy (non-hydrogen) atoms. The van der Waals surface area contributed by atoms with Gasteiger partial charge < -0.3 is 4.90 Å². The maximum absolute atomic E-state index is 11.8. The van der Waals surface area contributed by atoms with Crippen LogP contribution in [0, 0.1) is 5.92 Å². The van der Waals surface area contributed by atoms with Gasteiger partial charge in [-0.3, -0.25) is 25.0 Å². The number of imide groups is 1. The van der Waals surface area contributed by atoms with Crippen LogP contribution in [0.3, 0.4) is 0 Å². The summed E-state index contributed by atoms with van der Waals surface area (Å²) in [5.74, 6) is 0.972. The standard InChI is InChI=1S/C24H25N7O2S/c32-22-20(34-24(33)29-22)15-18-6-11-26-23(28-18)31-13-8-16(9-14-31)3-1-4-17-5-2-10-25-21(17)19-7-12-27-30-19/h2,5-7,10-12,15-16H,1,3-4,8-9,13-14H2,(H,27,30)(H,29,32,33)/b20-15-. The van der Waals surface area contributed by atoms with Crippen molar-refractivity contribution in [3.63, 3.8) is 0 Å². The molecule has 5 rings (SSSR count). The first-order valence-electron chi connectivity index (χ1n) is 11.4. The first-order chi connectivity index (χ1) is 16.7. The topological polar surface area (TPSA) is 117 Å². The SMILES string of the molecule is O=C1NC(=O)/C(=C/c2ccnc(N3CCC(CCCc4cccnc4-c4ccn[nH]4)CC3)n2)S1. The number of carbonyl (C=O) groups excluding carboxylic acids is 2. The molecule has 5 heterocycles. The highest BCUT2D eigenvalue weighted by Gasteiger charge is 2.25. The summed E-state index contributed by atoms with van der Waals surface area (Å²) in [4.78, 5) is 39.3. The molecular weight excluding hydrogens is 450 g/mol. The number of nitrogens with one attached hydrogen (secondary N) is 2. The summed E-state index contributed by atoms with van der Waals surface area (Å²) in [5.41, 5.74) is 3.82. The summed E-state index contributed by atoms with van der Waals surface area (Å²) in [6.45, 7) is 1.81. The van der Waals surface area contributed by atoms with Crippen molar-refractivity contribution in [2.75, 3.05) is 18.0 Å². The average molecular weight is 476 g/mol. The van der Waals surface area contributed by atoms with Crippen molar-refractivity contribution >= 4 is 34.9 Å². The molecule has 0 bridgehead atoms. The number of nitrogens with zero attached hydrogens (tertiary/aromatic N) is 5. The normalized spacial score (nSPS) is 18.0. The zero-order chi connectivity index (χ0) is 23.3. The Hall–Kier alpha value is -3.53. The molecule has 0 spiro atoms. The predicted octanol–water partition coefficient (Wildman–Crippen LogP) is 3.82. The molecule has 2 aliphatic rings. The number of pyridine rings is 1. The van der Waals surface area contributed by atoms with E-state index in [0.717, 1.165) is 61.9 Å². The second-order valence-electron chi connectivity index (χ2n) is 8.44. The average Bonchev–Trinajstić information content (AvgIpc) is 3.50. The second kappa shape index (κ2) is 10.2. The van der Waals surface area contributed by atoms with Gasteiger partial charge in [-0.2, -0.15) is 5.10 Å². The number of hydrogen-bond donors (Lipinski definition) is 2. The zero-order valence-electron chi connectivity index (χ0n) is 18.6. The number of anilines is 1. The van der Waals surface area contributed by atoms with Crippen LogP contribution in [0.5, 0.6) is 0 Å². The number of amides is 2. The van der Waals surface area contributed by atoms with Gasteiger partial charge in [0.25, 0.3) is 11.1 Å². The molecule has 2 amide bonds. The Morgan fingerprint density at radius 1 is 1.09 bits per heavy atom. The molecule has 2 fully saturated rings. The first kappa shape index (κ1) is 22.3. The summed E-state index contributed by atoms with van der Waals surface area (Å²) in [5, 5.41) is 8.97. The van der Waals surface area contributed by atoms with Crippen molar-refractivity contribution in [1.29, 1.82) is 0 Å². The van der Waals surface area contributed by atoms with Gasteiger partial charge in [-0.15, -0.1) is 0 Å². The van der Waals surface area contributed by atoms with Crippen molar-refractivity contribution < 1.29 is 9.59 Å². The van der Waals surface area contributed by atoms with E-state index in [1.165, 1.54) is 12.0 Å². The summed E-state index contributed by atoms with van der Waals surface area (Å²) >= 11 is 0.895. The van der Waals surface area contributed by atoms with Crippen LogP contribution in [-0.4, -0.2) is 49.4 Å². The van der Waals surface area contributed by atoms with Gasteiger partial charge in [0.2, 0.25) is 5.95 Å². The molecule has 9 nitrogen and oxygen atoms in total. The van der Waals surface area contributed by atoms with Crippen molar-refractivity contribution in [3.05, 3.63) is 59.0 Å². The molecule has 2 saturated heterocycles. The van der Waals surface area contributed by atoms with Gasteiger partial charge in [-0.25, -0.2) is 9.97 Å². The fourth-order valence-electron chi connectivity index (χ4n) is 4.42. The van der Waals surface area contributed by atoms with Crippen LogP contribution in [0.1, 0.15) is 36.9 Å². The Labute approximate surface area is 201 Å². The number of aromatic amines is 1. The van der Waals surface area contributed by atoms with Crippen molar-refractivity contribution in [3.8, 4) is 11.4 Å². The molecule has 2 N–H and O–H groups in total. The molecule has 174 valence electrons. The minimum absolute atomic E-state index is 0.353. The predicted molar refractivity (Wildman–Crippen MR) is 131 cm³/mol. The zero-order valence-corrected chi connectivity index (χ0v) is 19.4. The lowest BCUT2D eigenvalue weighted by molar-refractivity contribution is -0.115. The number of H-pyrrole nitrogens is 1. The highest BCUT2D eigenvalue weighted by atomic mass is 32.2. The van der Waals surface area contributed by atoms with Crippen LogP contribution < -0.4 is 10.2 Å². The summed E-state index contributed by atoms with van der Waals surface area (Å²) in [6, 6.07) is 7.84. The second-order valence-corrected chi connectivity index (χ2v) is 9.45. The minimum Gasteiger partial charge on any atom is -0.341 e. The quantitative estimate of drug-likeness (QED) is 0.495. The molecule has 0 aromatic carbocycles. The van der Waals surface area contributed by atoms with E-state index < -0.39 is 0 Å². The molecule has 0 unspecified atom stereocenters. The number of piperidine rings is 1. The van der Waals surface area contributed by atoms with Gasteiger partial charge in [0, 0.05) is 31.7 Å². The summed E-state index contributed by atoms with van der Waals surface area (Å²) < 4.78 is 0. The van der Waals surface area contributed by atoms with E-state index in [2.05, 4.69) is 41.4 Å². The highest BCUT2D eigenvalue weighted by Crippen LogP contribution is 2.28. The van der Waals surface area contributed by atoms with E-state index in [9.17, 15) is 9.59 Å². The molecule has 0 saturated carbocycles. The van der Waals surface area contributed by atoms with Gasteiger partial charge in [0.15, 0.2) is 0 Å². The van der Waals surface area contributed by atoms with Crippen molar-refractivity contribution in [2.24, 2.45) is 5.92 Å². The number of aromatic nitrogens is 5. The lowest BCUT2D eigenvalue weighted by atomic mass is 9.90. The molecule has 10 heteroatoms. The first-order valence-corrected chi connectivity index (χ1v) is 12.2. The largest absolute Gasteiger partial charge is 0.341 e.